The van der Waals surface area contributed by atoms with E-state index in [4.69, 9.17) is 5.11 Å². The maximum atomic E-state index is 13.0. The summed E-state index contributed by atoms with van der Waals surface area (Å²) in [6.07, 6.45) is 1.75. The van der Waals surface area contributed by atoms with E-state index in [0.29, 0.717) is 4.90 Å². The fraction of sp³-hybridized carbons (Fsp3) is 0.259. The Hall–Kier alpha value is -3.69. The van der Waals surface area contributed by atoms with Crippen molar-refractivity contribution in [1.82, 2.24) is 14.5 Å². The van der Waals surface area contributed by atoms with Crippen LogP contribution in [0.25, 0.3) is 16.6 Å². The van der Waals surface area contributed by atoms with Gasteiger partial charge in [-0.2, -0.15) is 5.10 Å². The fourth-order valence-corrected chi connectivity index (χ4v) is 6.13. The third kappa shape index (κ3) is 5.12. The van der Waals surface area contributed by atoms with Crippen LogP contribution in [0.2, 0.25) is 0 Å². The molecule has 1 atom stereocenters. The molecule has 4 aromatic rings. The highest BCUT2D eigenvalue weighted by molar-refractivity contribution is 7.89. The van der Waals surface area contributed by atoms with E-state index < -0.39 is 16.0 Å². The first kappa shape index (κ1) is 25.4. The minimum Gasteiger partial charge on any atom is -0.478 e. The van der Waals surface area contributed by atoms with Crippen LogP contribution in [-0.2, 0) is 10.0 Å². The number of carboxylic acids is 1. The summed E-state index contributed by atoms with van der Waals surface area (Å²) in [7, 11) is -3.67. The van der Waals surface area contributed by atoms with E-state index >= 15 is 0 Å². The topological polar surface area (TPSA) is 113 Å². The van der Waals surface area contributed by atoms with Crippen molar-refractivity contribution in [2.24, 2.45) is 0 Å². The lowest BCUT2D eigenvalue weighted by Gasteiger charge is -2.19. The van der Waals surface area contributed by atoms with E-state index in [0.717, 1.165) is 44.5 Å². The van der Waals surface area contributed by atoms with Gasteiger partial charge in [0.15, 0.2) is 0 Å². The van der Waals surface area contributed by atoms with Crippen LogP contribution in [0.5, 0.6) is 0 Å². The molecule has 0 aliphatic heterocycles. The van der Waals surface area contributed by atoms with Crippen molar-refractivity contribution >= 4 is 32.6 Å². The number of rotatable bonds is 8. The second-order valence-corrected chi connectivity index (χ2v) is 11.0. The molecule has 0 spiro atoms. The highest BCUT2D eigenvalue weighted by Gasteiger charge is 2.21. The Kier molecular flexibility index (Phi) is 6.88. The highest BCUT2D eigenvalue weighted by Crippen LogP contribution is 2.28. The highest BCUT2D eigenvalue weighted by atomic mass is 32.2. The summed E-state index contributed by atoms with van der Waals surface area (Å²) in [6.45, 7) is 9.67. The number of carboxylic acid groups (broad SMARTS) is 1. The Morgan fingerprint density at radius 1 is 1.00 bits per heavy atom. The minimum atomic E-state index is -3.67. The molecule has 0 saturated heterocycles. The quantitative estimate of drug-likeness (QED) is 0.318. The fourth-order valence-electron chi connectivity index (χ4n) is 4.55. The summed E-state index contributed by atoms with van der Waals surface area (Å²) in [4.78, 5) is 11.5. The number of aromatic nitrogens is 2. The van der Waals surface area contributed by atoms with Gasteiger partial charge in [-0.25, -0.2) is 22.6 Å². The monoisotopic (exact) mass is 506 g/mol. The average Bonchev–Trinajstić information content (AvgIpc) is 3.21. The van der Waals surface area contributed by atoms with Crippen LogP contribution in [0.4, 0.5) is 5.69 Å². The Bertz CT molecular complexity index is 1530. The summed E-state index contributed by atoms with van der Waals surface area (Å²) in [6, 6.07) is 14.1. The van der Waals surface area contributed by atoms with Crippen molar-refractivity contribution in [3.8, 4) is 5.69 Å². The van der Waals surface area contributed by atoms with Crippen molar-refractivity contribution in [1.29, 1.82) is 0 Å². The smallest absolute Gasteiger partial charge is 0.335 e. The van der Waals surface area contributed by atoms with E-state index in [1.807, 2.05) is 58.9 Å². The summed E-state index contributed by atoms with van der Waals surface area (Å²) >= 11 is 0. The molecule has 0 saturated carbocycles. The molecule has 1 heterocycles. The van der Waals surface area contributed by atoms with Crippen molar-refractivity contribution in [2.75, 3.05) is 11.9 Å². The van der Waals surface area contributed by atoms with E-state index in [9.17, 15) is 13.2 Å². The molecule has 0 radical (unpaired) electrons. The molecule has 8 nitrogen and oxygen atoms in total. The number of aromatic carboxylic acids is 1. The van der Waals surface area contributed by atoms with E-state index in [1.165, 1.54) is 0 Å². The molecule has 36 heavy (non-hydrogen) atoms. The number of hydrogen-bond acceptors (Lipinski definition) is 5. The number of anilines is 1. The summed E-state index contributed by atoms with van der Waals surface area (Å²) in [5.41, 5.74) is 6.15. The number of nitrogens with zero attached hydrogens (tertiary/aromatic N) is 2. The van der Waals surface area contributed by atoms with Gasteiger partial charge in [-0.15, -0.1) is 0 Å². The average molecular weight is 507 g/mol. The number of carbonyl (C=O) groups is 1. The summed E-state index contributed by atoms with van der Waals surface area (Å²) in [5.74, 6) is -0.980. The zero-order valence-corrected chi connectivity index (χ0v) is 21.8. The van der Waals surface area contributed by atoms with Gasteiger partial charge in [-0.1, -0.05) is 17.7 Å². The van der Waals surface area contributed by atoms with Crippen LogP contribution in [0.3, 0.4) is 0 Å². The molecule has 0 aliphatic carbocycles. The molecule has 0 bridgehead atoms. The van der Waals surface area contributed by atoms with Gasteiger partial charge in [-0.3, -0.25) is 0 Å². The molecule has 0 amide bonds. The molecule has 4 rings (SSSR count). The molecule has 3 N–H and O–H groups in total. The number of aryl methyl sites for hydroxylation is 4. The zero-order valence-electron chi connectivity index (χ0n) is 21.0. The van der Waals surface area contributed by atoms with Crippen molar-refractivity contribution in [3.63, 3.8) is 0 Å². The standard InChI is InChI=1S/C27H30N4O4S/c1-16-10-18(3)26(19(4)11-16)36(34,35)29-14-20(5)30-24-12-17(2)13-25-23(24)15-28-31(25)22-8-6-21(7-9-22)27(32)33/h6-13,15,20,29-30H,14H2,1-5H3,(H,32,33)/t20-/m1/s1. The second-order valence-electron chi connectivity index (χ2n) is 9.28. The predicted octanol–water partition coefficient (Wildman–Crippen LogP) is 4.74. The normalized spacial score (nSPS) is 12.6. The van der Waals surface area contributed by atoms with Gasteiger partial charge < -0.3 is 10.4 Å². The van der Waals surface area contributed by atoms with E-state index in [1.54, 1.807) is 35.1 Å². The molecule has 188 valence electrons. The molecular weight excluding hydrogens is 476 g/mol. The molecule has 9 heteroatoms. The lowest BCUT2D eigenvalue weighted by atomic mass is 10.1. The number of benzene rings is 3. The Morgan fingerprint density at radius 3 is 2.22 bits per heavy atom. The van der Waals surface area contributed by atoms with Gasteiger partial charge in [-0.05, 0) is 87.7 Å². The first-order valence-corrected chi connectivity index (χ1v) is 13.1. The van der Waals surface area contributed by atoms with Crippen LogP contribution >= 0.6 is 0 Å². The number of sulfonamides is 1. The number of fused-ring (bicyclic) bond motifs is 1. The Labute approximate surface area is 211 Å². The molecule has 0 aliphatic rings. The van der Waals surface area contributed by atoms with Crippen LogP contribution in [0, 0.1) is 27.7 Å². The van der Waals surface area contributed by atoms with Crippen LogP contribution in [0.15, 0.2) is 59.6 Å². The SMILES string of the molecule is Cc1cc(C)c(S(=O)(=O)NC[C@@H](C)Nc2cc(C)cc3c2cnn3-c2ccc(C(=O)O)cc2)c(C)c1. The van der Waals surface area contributed by atoms with Gasteiger partial charge >= 0.3 is 5.97 Å². The summed E-state index contributed by atoms with van der Waals surface area (Å²) < 4.78 is 30.6. The van der Waals surface area contributed by atoms with Gasteiger partial charge in [0.25, 0.3) is 0 Å². The summed E-state index contributed by atoms with van der Waals surface area (Å²) in [5, 5.41) is 18.0. The van der Waals surface area contributed by atoms with Crippen LogP contribution in [-0.4, -0.2) is 41.9 Å². The van der Waals surface area contributed by atoms with Crippen LogP contribution in [0.1, 0.15) is 39.5 Å². The molecule has 3 aromatic carbocycles. The van der Waals surface area contributed by atoms with Crippen LogP contribution < -0.4 is 10.0 Å². The maximum absolute atomic E-state index is 13.0. The van der Waals surface area contributed by atoms with Gasteiger partial charge in [0.05, 0.1) is 27.9 Å². The van der Waals surface area contributed by atoms with E-state index in [-0.39, 0.29) is 18.2 Å². The third-order valence-corrected chi connectivity index (χ3v) is 7.77. The minimum absolute atomic E-state index is 0.200. The van der Waals surface area contributed by atoms with Crippen molar-refractivity contribution < 1.29 is 18.3 Å². The van der Waals surface area contributed by atoms with E-state index in [2.05, 4.69) is 15.1 Å². The van der Waals surface area contributed by atoms with Crippen molar-refractivity contribution in [3.05, 3.63) is 82.5 Å². The predicted molar refractivity (Wildman–Crippen MR) is 142 cm³/mol. The molecular formula is C27H30N4O4S. The largest absolute Gasteiger partial charge is 0.478 e. The van der Waals surface area contributed by atoms with Gasteiger partial charge in [0.1, 0.15) is 0 Å². The van der Waals surface area contributed by atoms with Crippen molar-refractivity contribution in [2.45, 2.75) is 45.6 Å². The molecule has 1 aromatic heterocycles. The Morgan fingerprint density at radius 2 is 1.61 bits per heavy atom. The zero-order chi connectivity index (χ0) is 26.2. The second kappa shape index (κ2) is 9.75. The number of nitrogens with one attached hydrogen (secondary N) is 2. The number of hydrogen-bond donors (Lipinski definition) is 3. The van der Waals surface area contributed by atoms with Gasteiger partial charge in [0, 0.05) is 23.7 Å². The molecule has 0 fully saturated rings. The van der Waals surface area contributed by atoms with Gasteiger partial charge in [0.2, 0.25) is 10.0 Å². The Balaban J connectivity index is 1.56. The first-order valence-electron chi connectivity index (χ1n) is 11.6. The third-order valence-electron chi connectivity index (χ3n) is 6.05. The molecule has 0 unspecified atom stereocenters. The first-order chi connectivity index (χ1) is 17.0. The lowest BCUT2D eigenvalue weighted by Crippen LogP contribution is -2.35. The lowest BCUT2D eigenvalue weighted by molar-refractivity contribution is 0.0697. The maximum Gasteiger partial charge on any atom is 0.335 e.